The third-order valence-corrected chi connectivity index (χ3v) is 4.58. The fourth-order valence-corrected chi connectivity index (χ4v) is 3.47. The van der Waals surface area contributed by atoms with E-state index in [4.69, 9.17) is 11.6 Å². The molecule has 1 aromatic carbocycles. The van der Waals surface area contributed by atoms with Crippen molar-refractivity contribution in [3.05, 3.63) is 28.8 Å². The fourth-order valence-electron chi connectivity index (χ4n) is 3.30. The van der Waals surface area contributed by atoms with E-state index in [0.717, 1.165) is 18.1 Å². The summed E-state index contributed by atoms with van der Waals surface area (Å²) < 4.78 is 0. The minimum absolute atomic E-state index is 0.687. The summed E-state index contributed by atoms with van der Waals surface area (Å²) in [4.78, 5) is 2.61. The third-order valence-electron chi connectivity index (χ3n) is 4.35. The molecule has 0 spiro atoms. The van der Waals surface area contributed by atoms with Crippen LogP contribution < -0.4 is 10.2 Å². The number of piperidine rings is 1. The number of hydrogen-bond donors (Lipinski definition) is 1. The Morgan fingerprint density at radius 1 is 1.24 bits per heavy atom. The Balaban J connectivity index is 2.20. The van der Waals surface area contributed by atoms with Crippen LogP contribution in [0.5, 0.6) is 0 Å². The molecule has 1 saturated heterocycles. The van der Waals surface area contributed by atoms with Crippen LogP contribution in [0.4, 0.5) is 5.69 Å². The van der Waals surface area contributed by atoms with E-state index in [1.165, 1.54) is 56.3 Å². The van der Waals surface area contributed by atoms with Crippen LogP contribution in [0.1, 0.15) is 57.9 Å². The molecule has 0 saturated carbocycles. The van der Waals surface area contributed by atoms with Crippen LogP contribution >= 0.6 is 11.6 Å². The van der Waals surface area contributed by atoms with Crippen molar-refractivity contribution in [1.82, 2.24) is 5.32 Å². The highest BCUT2D eigenvalue weighted by Crippen LogP contribution is 2.32. The van der Waals surface area contributed by atoms with Crippen LogP contribution in [0.3, 0.4) is 0 Å². The van der Waals surface area contributed by atoms with Crippen molar-refractivity contribution >= 4 is 17.3 Å². The van der Waals surface area contributed by atoms with Gasteiger partial charge < -0.3 is 10.2 Å². The van der Waals surface area contributed by atoms with E-state index in [2.05, 4.69) is 36.2 Å². The molecular formula is C18H29ClN2. The molecule has 0 bridgehead atoms. The van der Waals surface area contributed by atoms with E-state index in [1.54, 1.807) is 0 Å². The lowest BCUT2D eigenvalue weighted by Crippen LogP contribution is -2.40. The smallest absolute Gasteiger partial charge is 0.0429 e. The molecule has 1 N–H and O–H groups in total. The molecule has 3 heteroatoms. The molecule has 0 amide bonds. The normalized spacial score (nSPS) is 19.0. The number of halogens is 1. The number of hydrogen-bond acceptors (Lipinski definition) is 2. The van der Waals surface area contributed by atoms with Gasteiger partial charge in [0.15, 0.2) is 0 Å². The summed E-state index contributed by atoms with van der Waals surface area (Å²) in [7, 11) is 0. The SMILES string of the molecule is CCCNCc1ccc(Cl)cc1N1CCCCC1CCC. The van der Waals surface area contributed by atoms with Crippen molar-refractivity contribution in [1.29, 1.82) is 0 Å². The maximum Gasteiger partial charge on any atom is 0.0429 e. The molecular weight excluding hydrogens is 280 g/mol. The van der Waals surface area contributed by atoms with Gasteiger partial charge in [-0.25, -0.2) is 0 Å². The summed E-state index contributed by atoms with van der Waals surface area (Å²) in [6.07, 6.45) is 7.70. The lowest BCUT2D eigenvalue weighted by Gasteiger charge is -2.39. The van der Waals surface area contributed by atoms with Gasteiger partial charge in [-0.3, -0.25) is 0 Å². The van der Waals surface area contributed by atoms with E-state index in [9.17, 15) is 0 Å². The first kappa shape index (κ1) is 16.6. The highest BCUT2D eigenvalue weighted by atomic mass is 35.5. The second kappa shape index (κ2) is 8.65. The molecule has 2 nitrogen and oxygen atoms in total. The van der Waals surface area contributed by atoms with E-state index >= 15 is 0 Å². The second-order valence-electron chi connectivity index (χ2n) is 6.08. The molecule has 1 heterocycles. The summed E-state index contributed by atoms with van der Waals surface area (Å²) in [6, 6.07) is 7.07. The Hall–Kier alpha value is -0.730. The van der Waals surface area contributed by atoms with Crippen LogP contribution in [0.15, 0.2) is 18.2 Å². The monoisotopic (exact) mass is 308 g/mol. The first-order valence-electron chi connectivity index (χ1n) is 8.52. The highest BCUT2D eigenvalue weighted by molar-refractivity contribution is 6.30. The molecule has 0 radical (unpaired) electrons. The molecule has 1 unspecified atom stereocenters. The quantitative estimate of drug-likeness (QED) is 0.713. The van der Waals surface area contributed by atoms with Gasteiger partial charge in [0.25, 0.3) is 0 Å². The zero-order valence-corrected chi connectivity index (χ0v) is 14.3. The van der Waals surface area contributed by atoms with Crippen molar-refractivity contribution in [2.75, 3.05) is 18.0 Å². The second-order valence-corrected chi connectivity index (χ2v) is 6.52. The van der Waals surface area contributed by atoms with Gasteiger partial charge in [-0.15, -0.1) is 0 Å². The van der Waals surface area contributed by atoms with Crippen molar-refractivity contribution in [3.63, 3.8) is 0 Å². The van der Waals surface area contributed by atoms with Gasteiger partial charge in [-0.1, -0.05) is 37.9 Å². The average Bonchev–Trinajstić information content (AvgIpc) is 2.50. The van der Waals surface area contributed by atoms with Gasteiger partial charge in [0.2, 0.25) is 0 Å². The van der Waals surface area contributed by atoms with Gasteiger partial charge in [-0.05, 0) is 56.3 Å². The Labute approximate surface area is 134 Å². The van der Waals surface area contributed by atoms with Crippen molar-refractivity contribution in [2.24, 2.45) is 0 Å². The summed E-state index contributed by atoms with van der Waals surface area (Å²) >= 11 is 6.28. The largest absolute Gasteiger partial charge is 0.368 e. The van der Waals surface area contributed by atoms with Crippen molar-refractivity contribution in [3.8, 4) is 0 Å². The standard InChI is InChI=1S/C18H29ClN2/c1-3-7-17-8-5-6-12-21(17)18-13-16(19)10-9-15(18)14-20-11-4-2/h9-10,13,17,20H,3-8,11-12,14H2,1-2H3. The predicted octanol–water partition coefficient (Wildman–Crippen LogP) is 5.00. The van der Waals surface area contributed by atoms with Crippen LogP contribution in [0, 0.1) is 0 Å². The van der Waals surface area contributed by atoms with Crippen molar-refractivity contribution in [2.45, 2.75) is 65.0 Å². The predicted molar refractivity (Wildman–Crippen MR) is 93.3 cm³/mol. The summed E-state index contributed by atoms with van der Waals surface area (Å²) in [6.45, 7) is 7.67. The Morgan fingerprint density at radius 2 is 2.10 bits per heavy atom. The first-order chi connectivity index (χ1) is 10.3. The Morgan fingerprint density at radius 3 is 2.86 bits per heavy atom. The summed E-state index contributed by atoms with van der Waals surface area (Å²) in [5, 5.41) is 4.38. The minimum Gasteiger partial charge on any atom is -0.368 e. The van der Waals surface area contributed by atoms with Gasteiger partial charge in [0.1, 0.15) is 0 Å². The van der Waals surface area contributed by atoms with Gasteiger partial charge in [0, 0.05) is 29.8 Å². The van der Waals surface area contributed by atoms with Crippen LogP contribution in [-0.2, 0) is 6.54 Å². The number of rotatable bonds is 7. The number of nitrogens with one attached hydrogen (secondary N) is 1. The maximum absolute atomic E-state index is 6.28. The van der Waals surface area contributed by atoms with Gasteiger partial charge >= 0.3 is 0 Å². The van der Waals surface area contributed by atoms with Crippen LogP contribution in [0.2, 0.25) is 5.02 Å². The number of nitrogens with zero attached hydrogens (tertiary/aromatic N) is 1. The summed E-state index contributed by atoms with van der Waals surface area (Å²) in [5.74, 6) is 0. The lowest BCUT2D eigenvalue weighted by atomic mass is 9.96. The molecule has 1 aliphatic heterocycles. The van der Waals surface area contributed by atoms with E-state index in [1.807, 2.05) is 6.07 Å². The maximum atomic E-state index is 6.28. The zero-order valence-electron chi connectivity index (χ0n) is 13.5. The summed E-state index contributed by atoms with van der Waals surface area (Å²) in [5.41, 5.74) is 2.74. The molecule has 21 heavy (non-hydrogen) atoms. The molecule has 118 valence electrons. The Kier molecular flexibility index (Phi) is 6.85. The van der Waals surface area contributed by atoms with E-state index in [0.29, 0.717) is 6.04 Å². The number of anilines is 1. The molecule has 1 aromatic rings. The number of benzene rings is 1. The highest BCUT2D eigenvalue weighted by Gasteiger charge is 2.23. The lowest BCUT2D eigenvalue weighted by molar-refractivity contribution is 0.433. The molecule has 1 aliphatic rings. The molecule has 1 fully saturated rings. The minimum atomic E-state index is 0.687. The van der Waals surface area contributed by atoms with E-state index in [-0.39, 0.29) is 0 Å². The topological polar surface area (TPSA) is 15.3 Å². The average molecular weight is 309 g/mol. The van der Waals surface area contributed by atoms with Gasteiger partial charge in [0.05, 0.1) is 0 Å². The van der Waals surface area contributed by atoms with E-state index < -0.39 is 0 Å². The molecule has 2 rings (SSSR count). The molecule has 0 aromatic heterocycles. The third kappa shape index (κ3) is 4.62. The molecule has 0 aliphatic carbocycles. The van der Waals surface area contributed by atoms with Crippen molar-refractivity contribution < 1.29 is 0 Å². The fraction of sp³-hybridized carbons (Fsp3) is 0.667. The molecule has 1 atom stereocenters. The van der Waals surface area contributed by atoms with Crippen LogP contribution in [0.25, 0.3) is 0 Å². The Bertz CT molecular complexity index is 431. The first-order valence-corrected chi connectivity index (χ1v) is 8.89. The zero-order chi connectivity index (χ0) is 15.1. The van der Waals surface area contributed by atoms with Gasteiger partial charge in [-0.2, -0.15) is 0 Å². The van der Waals surface area contributed by atoms with Crippen LogP contribution in [-0.4, -0.2) is 19.1 Å².